The summed E-state index contributed by atoms with van der Waals surface area (Å²) in [7, 11) is 0. The van der Waals surface area contributed by atoms with Crippen molar-refractivity contribution in [1.29, 1.82) is 0 Å². The molecule has 0 aliphatic carbocycles. The third kappa shape index (κ3) is 2.98. The van der Waals surface area contributed by atoms with Crippen molar-refractivity contribution in [3.05, 3.63) is 50.2 Å². The minimum Gasteiger partial charge on any atom is -0.231 e. The molecule has 0 saturated heterocycles. The number of benzene rings is 1. The molecule has 0 radical (unpaired) electrons. The largest absolute Gasteiger partial charge is 0.434 e. The molecule has 8 heteroatoms. The topological polar surface area (TPSA) is 12.9 Å². The number of alkyl halides is 3. The molecule has 1 heterocycles. The number of rotatable bonds is 1. The summed E-state index contributed by atoms with van der Waals surface area (Å²) in [5, 5.41) is -0.229. The number of halogens is 7. The Morgan fingerprint density at radius 3 is 2.05 bits per heavy atom. The first-order chi connectivity index (χ1) is 9.21. The van der Waals surface area contributed by atoms with Crippen LogP contribution in [-0.4, -0.2) is 4.98 Å². The minimum absolute atomic E-state index is 0.0303. The van der Waals surface area contributed by atoms with Gasteiger partial charge in [-0.3, -0.25) is 0 Å². The van der Waals surface area contributed by atoms with Crippen LogP contribution in [-0.2, 0) is 6.18 Å². The molecule has 0 aliphatic rings. The van der Waals surface area contributed by atoms with Crippen LogP contribution in [0.25, 0.3) is 11.1 Å². The average molecular weight is 361 g/mol. The van der Waals surface area contributed by atoms with Crippen LogP contribution >= 0.6 is 46.4 Å². The Bertz CT molecular complexity index is 670. The fourth-order valence-electron chi connectivity index (χ4n) is 1.63. The van der Waals surface area contributed by atoms with E-state index in [0.717, 1.165) is 6.07 Å². The molecule has 0 fully saturated rings. The molecule has 0 unspecified atom stereocenters. The highest BCUT2D eigenvalue weighted by atomic mass is 35.5. The van der Waals surface area contributed by atoms with Crippen LogP contribution in [0, 0.1) is 0 Å². The van der Waals surface area contributed by atoms with Crippen LogP contribution in [0.1, 0.15) is 5.69 Å². The lowest BCUT2D eigenvalue weighted by atomic mass is 10.0. The summed E-state index contributed by atoms with van der Waals surface area (Å²) < 4.78 is 39.1. The normalized spacial score (nSPS) is 11.8. The van der Waals surface area contributed by atoms with E-state index in [1.54, 1.807) is 0 Å². The van der Waals surface area contributed by atoms with Gasteiger partial charge in [-0.05, 0) is 24.3 Å². The molecule has 2 rings (SSSR count). The molecule has 0 atom stereocenters. The Balaban J connectivity index is 2.81. The van der Waals surface area contributed by atoms with Gasteiger partial charge in [-0.15, -0.1) is 0 Å². The predicted molar refractivity (Wildman–Crippen MR) is 74.7 cm³/mol. The number of nitrogens with zero attached hydrogens (tertiary/aromatic N) is 1. The second kappa shape index (κ2) is 5.60. The van der Waals surface area contributed by atoms with E-state index in [9.17, 15) is 13.2 Å². The molecular formula is C12H4Cl4F3N. The first kappa shape index (κ1) is 15.7. The SMILES string of the molecule is FC(F)(F)c1nc(Cl)ccc1-c1c(Cl)ccc(Cl)c1Cl. The van der Waals surface area contributed by atoms with Crippen LogP contribution in [0.3, 0.4) is 0 Å². The molecule has 0 aliphatic heterocycles. The zero-order chi connectivity index (χ0) is 15.1. The summed E-state index contributed by atoms with van der Waals surface area (Å²) in [6.45, 7) is 0. The third-order valence-corrected chi connectivity index (χ3v) is 3.77. The molecule has 106 valence electrons. The maximum atomic E-state index is 13.0. The number of hydrogen-bond donors (Lipinski definition) is 0. The highest BCUT2D eigenvalue weighted by Gasteiger charge is 2.37. The lowest BCUT2D eigenvalue weighted by molar-refractivity contribution is -0.140. The lowest BCUT2D eigenvalue weighted by Crippen LogP contribution is -2.10. The fraction of sp³-hybridized carbons (Fsp3) is 0.0833. The van der Waals surface area contributed by atoms with Gasteiger partial charge in [0, 0.05) is 11.1 Å². The highest BCUT2D eigenvalue weighted by Crippen LogP contribution is 2.44. The van der Waals surface area contributed by atoms with Crippen molar-refractivity contribution in [1.82, 2.24) is 4.98 Å². The Morgan fingerprint density at radius 2 is 1.45 bits per heavy atom. The van der Waals surface area contributed by atoms with E-state index < -0.39 is 11.9 Å². The van der Waals surface area contributed by atoms with Crippen molar-refractivity contribution in [2.24, 2.45) is 0 Å². The Morgan fingerprint density at radius 1 is 0.850 bits per heavy atom. The maximum Gasteiger partial charge on any atom is 0.434 e. The van der Waals surface area contributed by atoms with Gasteiger partial charge in [0.15, 0.2) is 5.69 Å². The van der Waals surface area contributed by atoms with E-state index in [1.165, 1.54) is 18.2 Å². The van der Waals surface area contributed by atoms with Gasteiger partial charge in [-0.2, -0.15) is 13.2 Å². The lowest BCUT2D eigenvalue weighted by Gasteiger charge is -2.15. The molecular weight excluding hydrogens is 357 g/mol. The smallest absolute Gasteiger partial charge is 0.231 e. The first-order valence-electron chi connectivity index (χ1n) is 5.09. The van der Waals surface area contributed by atoms with Gasteiger partial charge in [0.1, 0.15) is 5.15 Å². The van der Waals surface area contributed by atoms with E-state index in [-0.39, 0.29) is 31.3 Å². The highest BCUT2D eigenvalue weighted by molar-refractivity contribution is 6.46. The zero-order valence-corrected chi connectivity index (χ0v) is 12.4. The Labute approximate surface area is 132 Å². The summed E-state index contributed by atoms with van der Waals surface area (Å²) in [6, 6.07) is 5.13. The van der Waals surface area contributed by atoms with Crippen LogP contribution < -0.4 is 0 Å². The van der Waals surface area contributed by atoms with Crippen molar-refractivity contribution in [2.45, 2.75) is 6.18 Å². The summed E-state index contributed by atoms with van der Waals surface area (Å²) in [6.07, 6.45) is -4.70. The zero-order valence-electron chi connectivity index (χ0n) is 9.40. The van der Waals surface area contributed by atoms with E-state index in [4.69, 9.17) is 46.4 Å². The van der Waals surface area contributed by atoms with Gasteiger partial charge in [0.2, 0.25) is 0 Å². The van der Waals surface area contributed by atoms with Gasteiger partial charge < -0.3 is 0 Å². The monoisotopic (exact) mass is 359 g/mol. The van der Waals surface area contributed by atoms with Crippen molar-refractivity contribution >= 4 is 46.4 Å². The minimum atomic E-state index is -4.70. The summed E-state index contributed by atoms with van der Waals surface area (Å²) in [5.41, 5.74) is -1.48. The van der Waals surface area contributed by atoms with E-state index in [2.05, 4.69) is 4.98 Å². The maximum absolute atomic E-state index is 13.0. The van der Waals surface area contributed by atoms with Crippen molar-refractivity contribution < 1.29 is 13.2 Å². The number of hydrogen-bond acceptors (Lipinski definition) is 1. The predicted octanol–water partition coefficient (Wildman–Crippen LogP) is 6.38. The molecule has 0 N–H and O–H groups in total. The summed E-state index contributed by atoms with van der Waals surface area (Å²) in [5.74, 6) is 0. The standard InChI is InChI=1S/C12H4Cl4F3N/c13-6-2-3-7(14)10(16)9(6)5-1-4-8(15)20-11(5)12(17,18)19/h1-4H. The van der Waals surface area contributed by atoms with Crippen LogP contribution in [0.4, 0.5) is 13.2 Å². The second-order valence-electron chi connectivity index (χ2n) is 3.75. The molecule has 2 aromatic rings. The number of aromatic nitrogens is 1. The Kier molecular flexibility index (Phi) is 4.40. The van der Waals surface area contributed by atoms with Crippen molar-refractivity contribution in [3.63, 3.8) is 0 Å². The fourth-order valence-corrected chi connectivity index (χ4v) is 2.51. The molecule has 0 saturated carbocycles. The van der Waals surface area contributed by atoms with Gasteiger partial charge in [-0.25, -0.2) is 4.98 Å². The quantitative estimate of drug-likeness (QED) is 0.424. The molecule has 20 heavy (non-hydrogen) atoms. The molecule has 1 nitrogen and oxygen atoms in total. The molecule has 0 amide bonds. The summed E-state index contributed by atoms with van der Waals surface area (Å²) >= 11 is 23.2. The molecule has 1 aromatic heterocycles. The van der Waals surface area contributed by atoms with Crippen LogP contribution in [0.15, 0.2) is 24.3 Å². The van der Waals surface area contributed by atoms with E-state index in [0.29, 0.717) is 0 Å². The van der Waals surface area contributed by atoms with Crippen LogP contribution in [0.5, 0.6) is 0 Å². The van der Waals surface area contributed by atoms with Gasteiger partial charge in [-0.1, -0.05) is 46.4 Å². The van der Waals surface area contributed by atoms with Gasteiger partial charge in [0.25, 0.3) is 0 Å². The van der Waals surface area contributed by atoms with Crippen molar-refractivity contribution in [2.75, 3.05) is 0 Å². The molecule has 1 aromatic carbocycles. The van der Waals surface area contributed by atoms with E-state index >= 15 is 0 Å². The van der Waals surface area contributed by atoms with Gasteiger partial charge >= 0.3 is 6.18 Å². The molecule has 0 spiro atoms. The first-order valence-corrected chi connectivity index (χ1v) is 6.60. The second-order valence-corrected chi connectivity index (χ2v) is 5.33. The third-order valence-electron chi connectivity index (χ3n) is 2.44. The Hall–Kier alpha value is -0.680. The van der Waals surface area contributed by atoms with Crippen LogP contribution in [0.2, 0.25) is 20.2 Å². The molecule has 0 bridgehead atoms. The average Bonchev–Trinajstić information content (AvgIpc) is 2.35. The van der Waals surface area contributed by atoms with E-state index in [1.807, 2.05) is 0 Å². The number of pyridine rings is 1. The van der Waals surface area contributed by atoms with Crippen molar-refractivity contribution in [3.8, 4) is 11.1 Å². The summed E-state index contributed by atoms with van der Waals surface area (Å²) in [4.78, 5) is 3.31. The van der Waals surface area contributed by atoms with Gasteiger partial charge in [0.05, 0.1) is 15.1 Å².